The average Bonchev–Trinajstić information content (AvgIpc) is 3.30. The molecule has 0 fully saturated rings. The van der Waals surface area contributed by atoms with Gasteiger partial charge >= 0.3 is 0 Å². The van der Waals surface area contributed by atoms with E-state index in [4.69, 9.17) is 14.2 Å². The number of aliphatic hydroxyl groups is 1. The third-order valence-corrected chi connectivity index (χ3v) is 8.50. The van der Waals surface area contributed by atoms with Crippen LogP contribution in [0.2, 0.25) is 25.7 Å². The maximum Gasteiger partial charge on any atom is 0.257 e. The van der Waals surface area contributed by atoms with Crippen LogP contribution in [-0.2, 0) is 16.0 Å². The normalized spacial score (nSPS) is 17.4. The molecule has 2 aromatic carbocycles. The molecule has 8 nitrogen and oxygen atoms in total. The van der Waals surface area contributed by atoms with Gasteiger partial charge in [-0.1, -0.05) is 31.8 Å². The second kappa shape index (κ2) is 11.1. The number of ether oxygens (including phenoxy) is 3. The molecule has 0 radical (unpaired) electrons. The highest BCUT2D eigenvalue weighted by Crippen LogP contribution is 2.38. The third-order valence-electron chi connectivity index (χ3n) is 6.79. The number of carbonyl (C=O) groups is 2. The van der Waals surface area contributed by atoms with Crippen LogP contribution in [0.3, 0.4) is 0 Å². The minimum Gasteiger partial charge on any atom is -0.497 e. The predicted molar refractivity (Wildman–Crippen MR) is 146 cm³/mol. The van der Waals surface area contributed by atoms with E-state index in [2.05, 4.69) is 19.6 Å². The second-order valence-electron chi connectivity index (χ2n) is 10.6. The number of carbonyl (C=O) groups excluding carboxylic acids is 2. The first-order valence-corrected chi connectivity index (χ1v) is 16.2. The zero-order valence-corrected chi connectivity index (χ0v) is 23.2. The van der Waals surface area contributed by atoms with Crippen LogP contribution in [0.5, 0.6) is 11.5 Å². The molecule has 0 bridgehead atoms. The van der Waals surface area contributed by atoms with Crippen molar-refractivity contribution in [2.75, 3.05) is 45.6 Å². The smallest absolute Gasteiger partial charge is 0.257 e. The molecule has 9 heteroatoms. The molecule has 2 heterocycles. The molecule has 2 amide bonds. The van der Waals surface area contributed by atoms with Gasteiger partial charge in [0.15, 0.2) is 0 Å². The van der Waals surface area contributed by atoms with E-state index in [0.717, 1.165) is 28.5 Å². The molecule has 1 N–H and O–H groups in total. The summed E-state index contributed by atoms with van der Waals surface area (Å²) in [7, 11) is 1.84. The Hall–Kier alpha value is -3.14. The van der Waals surface area contributed by atoms with Crippen molar-refractivity contribution in [3.8, 4) is 11.5 Å². The first-order valence-electron chi connectivity index (χ1n) is 12.5. The number of fused-ring (bicyclic) bond motifs is 2. The molecular formula is C28H36N2O6Si. The molecule has 0 spiro atoms. The Labute approximate surface area is 219 Å². The van der Waals surface area contributed by atoms with E-state index < -0.39 is 14.1 Å². The maximum absolute atomic E-state index is 13.9. The van der Waals surface area contributed by atoms with Gasteiger partial charge in [0, 0.05) is 27.8 Å². The van der Waals surface area contributed by atoms with E-state index in [1.165, 1.54) is 7.11 Å². The Morgan fingerprint density at radius 3 is 2.41 bits per heavy atom. The highest BCUT2D eigenvalue weighted by molar-refractivity contribution is 6.76. The number of anilines is 1. The van der Waals surface area contributed by atoms with Crippen molar-refractivity contribution in [1.29, 1.82) is 0 Å². The number of hydrogen-bond donors (Lipinski definition) is 1. The van der Waals surface area contributed by atoms with Crippen LogP contribution in [0.4, 0.5) is 5.69 Å². The van der Waals surface area contributed by atoms with Crippen molar-refractivity contribution in [2.45, 2.75) is 38.1 Å². The summed E-state index contributed by atoms with van der Waals surface area (Å²) >= 11 is 0. The van der Waals surface area contributed by atoms with E-state index in [9.17, 15) is 14.7 Å². The van der Waals surface area contributed by atoms with Gasteiger partial charge in [0.2, 0.25) is 0 Å². The molecule has 0 saturated heterocycles. The van der Waals surface area contributed by atoms with E-state index in [1.807, 2.05) is 30.3 Å². The topological polar surface area (TPSA) is 88.5 Å². The van der Waals surface area contributed by atoms with Crippen LogP contribution in [0.1, 0.15) is 21.5 Å². The van der Waals surface area contributed by atoms with Gasteiger partial charge in [0.05, 0.1) is 25.5 Å². The fourth-order valence-corrected chi connectivity index (χ4v) is 5.38. The van der Waals surface area contributed by atoms with Gasteiger partial charge in [-0.15, -0.1) is 0 Å². The lowest BCUT2D eigenvalue weighted by molar-refractivity contribution is -0.122. The largest absolute Gasteiger partial charge is 0.497 e. The number of nitrogens with zero attached hydrogens (tertiary/aromatic N) is 2. The Kier molecular flexibility index (Phi) is 8.06. The molecule has 198 valence electrons. The number of aliphatic hydroxyl groups excluding tert-OH is 1. The number of amides is 2. The van der Waals surface area contributed by atoms with Crippen molar-refractivity contribution in [3.05, 3.63) is 59.2 Å². The molecule has 2 aromatic rings. The lowest BCUT2D eigenvalue weighted by atomic mass is 10.0. The fourth-order valence-electron chi connectivity index (χ4n) is 4.62. The van der Waals surface area contributed by atoms with Gasteiger partial charge in [0.1, 0.15) is 24.3 Å². The van der Waals surface area contributed by atoms with Gasteiger partial charge < -0.3 is 24.2 Å². The van der Waals surface area contributed by atoms with Crippen molar-refractivity contribution >= 4 is 31.1 Å². The number of methoxy groups -OCH3 is 2. The summed E-state index contributed by atoms with van der Waals surface area (Å²) in [5.41, 5.74) is 3.44. The SMILES string of the molecule is COc1ccc(C2=C[C@H]3C(=O)N(COCC[Si](C)(C)C)c4cc(CCO)c(OC)cc4C(=O)N3C2)cc1. The second-order valence-corrected chi connectivity index (χ2v) is 16.2. The number of benzene rings is 2. The number of rotatable bonds is 10. The first-order chi connectivity index (χ1) is 17.7. The van der Waals surface area contributed by atoms with Crippen molar-refractivity contribution in [3.63, 3.8) is 0 Å². The van der Waals surface area contributed by atoms with E-state index in [1.54, 1.807) is 29.0 Å². The highest BCUT2D eigenvalue weighted by Gasteiger charge is 2.42. The Balaban J connectivity index is 1.72. The van der Waals surface area contributed by atoms with Crippen LogP contribution >= 0.6 is 0 Å². The lowest BCUT2D eigenvalue weighted by Gasteiger charge is -2.26. The zero-order valence-electron chi connectivity index (χ0n) is 22.2. The summed E-state index contributed by atoms with van der Waals surface area (Å²) in [6.07, 6.45) is 2.21. The van der Waals surface area contributed by atoms with Crippen molar-refractivity contribution in [1.82, 2.24) is 4.90 Å². The minimum absolute atomic E-state index is 0.0462. The van der Waals surface area contributed by atoms with Crippen LogP contribution < -0.4 is 14.4 Å². The van der Waals surface area contributed by atoms with E-state index >= 15 is 0 Å². The predicted octanol–water partition coefficient (Wildman–Crippen LogP) is 3.81. The fraction of sp³-hybridized carbons (Fsp3) is 0.429. The molecule has 0 aliphatic carbocycles. The van der Waals surface area contributed by atoms with Gasteiger partial charge in [-0.3, -0.25) is 14.5 Å². The monoisotopic (exact) mass is 524 g/mol. The van der Waals surface area contributed by atoms with Gasteiger partial charge in [0.25, 0.3) is 11.8 Å². The summed E-state index contributed by atoms with van der Waals surface area (Å²) in [6, 6.07) is 11.3. The van der Waals surface area contributed by atoms with Crippen LogP contribution in [0, 0.1) is 0 Å². The van der Waals surface area contributed by atoms with Gasteiger partial charge in [-0.05, 0) is 59.5 Å². The summed E-state index contributed by atoms with van der Waals surface area (Å²) in [5, 5.41) is 9.57. The molecule has 0 aromatic heterocycles. The minimum atomic E-state index is -1.31. The molecular weight excluding hydrogens is 488 g/mol. The third kappa shape index (κ3) is 5.74. The van der Waals surface area contributed by atoms with Crippen LogP contribution in [0.25, 0.3) is 5.57 Å². The molecule has 1 atom stereocenters. The van der Waals surface area contributed by atoms with Crippen molar-refractivity contribution in [2.24, 2.45) is 0 Å². The molecule has 2 aliphatic heterocycles. The molecule has 0 unspecified atom stereocenters. The Morgan fingerprint density at radius 2 is 1.78 bits per heavy atom. The summed E-state index contributed by atoms with van der Waals surface area (Å²) in [4.78, 5) is 31.0. The van der Waals surface area contributed by atoms with Crippen LogP contribution in [0.15, 0.2) is 42.5 Å². The first kappa shape index (κ1) is 26.9. The molecule has 2 aliphatic rings. The average molecular weight is 525 g/mol. The summed E-state index contributed by atoms with van der Waals surface area (Å²) in [6.45, 7) is 7.65. The number of hydrogen-bond acceptors (Lipinski definition) is 6. The van der Waals surface area contributed by atoms with E-state index in [-0.39, 0.29) is 25.2 Å². The zero-order chi connectivity index (χ0) is 26.7. The molecule has 0 saturated carbocycles. The maximum atomic E-state index is 13.9. The Morgan fingerprint density at radius 1 is 1.05 bits per heavy atom. The van der Waals surface area contributed by atoms with Gasteiger partial charge in [-0.25, -0.2) is 0 Å². The molecule has 4 rings (SSSR count). The summed E-state index contributed by atoms with van der Waals surface area (Å²) < 4.78 is 16.8. The quantitative estimate of drug-likeness (QED) is 0.376. The molecule has 37 heavy (non-hydrogen) atoms. The highest BCUT2D eigenvalue weighted by atomic mass is 28.3. The van der Waals surface area contributed by atoms with E-state index in [0.29, 0.717) is 36.6 Å². The van der Waals surface area contributed by atoms with Gasteiger partial charge in [-0.2, -0.15) is 0 Å². The Bertz CT molecular complexity index is 1190. The standard InChI is InChI=1S/C28H36N2O6Si/c1-34-22-8-6-19(7-9-22)21-15-25-28(33)30(18-36-12-13-37(3,4)5)24-14-20(10-11-31)26(35-2)16-23(24)27(32)29(25)17-21/h6-9,14-16,25,31H,10-13,17-18H2,1-5H3/t25-/m0/s1. The van der Waals surface area contributed by atoms with Crippen LogP contribution in [-0.4, -0.2) is 76.6 Å². The lowest BCUT2D eigenvalue weighted by Crippen LogP contribution is -2.45. The summed E-state index contributed by atoms with van der Waals surface area (Å²) in [5.74, 6) is 0.787. The van der Waals surface area contributed by atoms with Crippen molar-refractivity contribution < 1.29 is 28.9 Å².